The number of rotatable bonds is 6. The molecule has 8 heteroatoms. The minimum absolute atomic E-state index is 0.238. The number of pyridine rings is 2. The van der Waals surface area contributed by atoms with Gasteiger partial charge in [0.1, 0.15) is 11.7 Å². The summed E-state index contributed by atoms with van der Waals surface area (Å²) in [5.41, 5.74) is 0.965. The highest BCUT2D eigenvalue weighted by Crippen LogP contribution is 2.36. The van der Waals surface area contributed by atoms with Crippen LogP contribution in [0, 0.1) is 0 Å². The van der Waals surface area contributed by atoms with Gasteiger partial charge in [0.2, 0.25) is 0 Å². The maximum absolute atomic E-state index is 13.7. The molecule has 0 radical (unpaired) electrons. The second-order valence-corrected chi connectivity index (χ2v) is 6.86. The molecule has 0 saturated heterocycles. The van der Waals surface area contributed by atoms with Gasteiger partial charge in [0.25, 0.3) is 5.56 Å². The van der Waals surface area contributed by atoms with Gasteiger partial charge in [-0.3, -0.25) is 9.36 Å². The molecule has 1 aromatic carbocycles. The number of benzene rings is 1. The maximum Gasteiger partial charge on any atom is 0.329 e. The lowest BCUT2D eigenvalue weighted by Crippen LogP contribution is -2.31. The Morgan fingerprint density at radius 2 is 1.80 bits per heavy atom. The molecule has 0 saturated carbocycles. The fourth-order valence-electron chi connectivity index (χ4n) is 3.95. The van der Waals surface area contributed by atoms with Gasteiger partial charge in [0.15, 0.2) is 11.5 Å². The topological polar surface area (TPSA) is 95.4 Å². The van der Waals surface area contributed by atoms with Crippen LogP contribution >= 0.6 is 0 Å². The van der Waals surface area contributed by atoms with E-state index in [1.807, 2.05) is 13.0 Å². The highest BCUT2D eigenvalue weighted by atomic mass is 16.5. The van der Waals surface area contributed by atoms with Gasteiger partial charge in [0.05, 0.1) is 31.7 Å². The summed E-state index contributed by atoms with van der Waals surface area (Å²) in [5.74, 6) is 0.506. The van der Waals surface area contributed by atoms with Crippen molar-refractivity contribution >= 4 is 38.7 Å². The van der Waals surface area contributed by atoms with E-state index in [4.69, 9.17) is 14.2 Å². The van der Waals surface area contributed by atoms with E-state index in [2.05, 4.69) is 9.97 Å². The number of methoxy groups -OCH3 is 2. The van der Waals surface area contributed by atoms with E-state index >= 15 is 0 Å². The molecule has 0 amide bonds. The Balaban J connectivity index is 2.22. The molecule has 0 fully saturated rings. The average Bonchev–Trinajstić information content (AvgIpc) is 3.24. The second-order valence-electron chi connectivity index (χ2n) is 6.86. The highest BCUT2D eigenvalue weighted by molar-refractivity contribution is 6.14. The number of H-pyrrole nitrogens is 1. The average molecular weight is 409 g/mol. The first kappa shape index (κ1) is 19.8. The number of nitrogens with one attached hydrogen (secondary N) is 1. The minimum Gasteiger partial charge on any atom is -0.493 e. The normalized spacial score (nSPS) is 12.4. The number of aromatic nitrogens is 3. The number of ether oxygens (including phenoxy) is 3. The van der Waals surface area contributed by atoms with E-state index in [9.17, 15) is 9.59 Å². The van der Waals surface area contributed by atoms with Gasteiger partial charge in [-0.1, -0.05) is 6.92 Å². The first-order chi connectivity index (χ1) is 14.5. The molecule has 0 aliphatic rings. The third-order valence-corrected chi connectivity index (χ3v) is 5.32. The van der Waals surface area contributed by atoms with Crippen LogP contribution in [0.5, 0.6) is 11.5 Å². The smallest absolute Gasteiger partial charge is 0.329 e. The molecule has 0 spiro atoms. The van der Waals surface area contributed by atoms with Crippen molar-refractivity contribution in [1.29, 1.82) is 0 Å². The van der Waals surface area contributed by atoms with Crippen molar-refractivity contribution in [3.63, 3.8) is 0 Å². The molecule has 8 nitrogen and oxygen atoms in total. The number of nitrogens with zero attached hydrogens (tertiary/aromatic N) is 2. The fraction of sp³-hybridized carbons (Fsp3) is 0.318. The van der Waals surface area contributed by atoms with Gasteiger partial charge in [-0.15, -0.1) is 0 Å². The number of carbonyl (C=O) groups excluding carboxylic acids is 1. The number of hydrogen-bond donors (Lipinski definition) is 1. The Kier molecular flexibility index (Phi) is 5.07. The van der Waals surface area contributed by atoms with Crippen LogP contribution in [0.25, 0.3) is 32.7 Å². The van der Waals surface area contributed by atoms with Gasteiger partial charge in [-0.05, 0) is 31.5 Å². The van der Waals surface area contributed by atoms with E-state index in [-0.39, 0.29) is 12.2 Å². The number of esters is 1. The lowest BCUT2D eigenvalue weighted by atomic mass is 10.0. The molecular weight excluding hydrogens is 386 g/mol. The van der Waals surface area contributed by atoms with Crippen LogP contribution in [0.15, 0.2) is 35.4 Å². The SMILES string of the molecule is CCOC(=O)C(CC)n1c(=O)c2cc(OC)c(OC)cc2c2cnc3[nH]ccc3c21. The lowest BCUT2D eigenvalue weighted by Gasteiger charge is -2.21. The zero-order valence-electron chi connectivity index (χ0n) is 17.3. The molecule has 0 aliphatic carbocycles. The van der Waals surface area contributed by atoms with Gasteiger partial charge >= 0.3 is 5.97 Å². The standard InChI is InChI=1S/C22H23N3O5/c1-5-16(22(27)30-6-2)25-19-12-7-8-23-20(12)24-11-15(19)13-9-17(28-3)18(29-4)10-14(13)21(25)26/h7-11,16H,5-6H2,1-4H3,(H,23,24). The third kappa shape index (κ3) is 2.87. The summed E-state index contributed by atoms with van der Waals surface area (Å²) in [6, 6.07) is 4.50. The molecule has 0 aliphatic heterocycles. The quantitative estimate of drug-likeness (QED) is 0.386. The Morgan fingerprint density at radius 3 is 2.43 bits per heavy atom. The predicted octanol–water partition coefficient (Wildman–Crippen LogP) is 3.56. The van der Waals surface area contributed by atoms with Crippen LogP contribution < -0.4 is 15.0 Å². The summed E-state index contributed by atoms with van der Waals surface area (Å²) in [4.78, 5) is 34.0. The van der Waals surface area contributed by atoms with Crippen molar-refractivity contribution in [2.24, 2.45) is 0 Å². The highest BCUT2D eigenvalue weighted by Gasteiger charge is 2.26. The number of carbonyl (C=O) groups is 1. The van der Waals surface area contributed by atoms with Crippen molar-refractivity contribution in [3.8, 4) is 11.5 Å². The zero-order chi connectivity index (χ0) is 21.4. The van der Waals surface area contributed by atoms with Gasteiger partial charge < -0.3 is 19.2 Å². The van der Waals surface area contributed by atoms with E-state index in [0.29, 0.717) is 39.9 Å². The largest absolute Gasteiger partial charge is 0.493 e. The monoisotopic (exact) mass is 409 g/mol. The van der Waals surface area contributed by atoms with Crippen LogP contribution in [0.4, 0.5) is 0 Å². The first-order valence-corrected chi connectivity index (χ1v) is 9.78. The number of hydrogen-bond acceptors (Lipinski definition) is 6. The molecule has 1 unspecified atom stereocenters. The summed E-state index contributed by atoms with van der Waals surface area (Å²) in [6.07, 6.45) is 3.87. The van der Waals surface area contributed by atoms with Crippen molar-refractivity contribution in [2.75, 3.05) is 20.8 Å². The Morgan fingerprint density at radius 1 is 1.10 bits per heavy atom. The summed E-state index contributed by atoms with van der Waals surface area (Å²) in [5, 5.41) is 2.59. The van der Waals surface area contributed by atoms with Crippen LogP contribution in [0.2, 0.25) is 0 Å². The molecular formula is C22H23N3O5. The van der Waals surface area contributed by atoms with Gasteiger partial charge in [-0.25, -0.2) is 9.78 Å². The third-order valence-electron chi connectivity index (χ3n) is 5.32. The summed E-state index contributed by atoms with van der Waals surface area (Å²) in [6.45, 7) is 3.84. The van der Waals surface area contributed by atoms with Gasteiger partial charge in [-0.2, -0.15) is 0 Å². The number of aromatic amines is 1. The van der Waals surface area contributed by atoms with Crippen LogP contribution in [0.1, 0.15) is 26.3 Å². The van der Waals surface area contributed by atoms with Crippen LogP contribution in [-0.2, 0) is 9.53 Å². The zero-order valence-corrected chi connectivity index (χ0v) is 17.3. The molecule has 156 valence electrons. The first-order valence-electron chi connectivity index (χ1n) is 9.78. The second kappa shape index (κ2) is 7.70. The summed E-state index contributed by atoms with van der Waals surface area (Å²) >= 11 is 0. The Labute approximate surface area is 172 Å². The van der Waals surface area contributed by atoms with Crippen LogP contribution in [-0.4, -0.2) is 41.3 Å². The van der Waals surface area contributed by atoms with Crippen molar-refractivity contribution in [1.82, 2.24) is 14.5 Å². The lowest BCUT2D eigenvalue weighted by molar-refractivity contribution is -0.147. The Hall–Kier alpha value is -3.55. The van der Waals surface area contributed by atoms with E-state index in [1.165, 1.54) is 11.7 Å². The van der Waals surface area contributed by atoms with Gasteiger partial charge in [0, 0.05) is 28.6 Å². The molecule has 3 aromatic heterocycles. The molecule has 1 N–H and O–H groups in total. The van der Waals surface area contributed by atoms with E-state index in [1.54, 1.807) is 38.6 Å². The van der Waals surface area contributed by atoms with Crippen molar-refractivity contribution in [2.45, 2.75) is 26.3 Å². The fourth-order valence-corrected chi connectivity index (χ4v) is 3.95. The number of fused-ring (bicyclic) bond motifs is 5. The molecule has 4 rings (SSSR count). The predicted molar refractivity (Wildman–Crippen MR) is 114 cm³/mol. The molecule has 30 heavy (non-hydrogen) atoms. The van der Waals surface area contributed by atoms with Crippen LogP contribution in [0.3, 0.4) is 0 Å². The van der Waals surface area contributed by atoms with E-state index < -0.39 is 12.0 Å². The molecule has 4 aromatic rings. The molecule has 3 heterocycles. The maximum atomic E-state index is 13.7. The Bertz CT molecular complexity index is 1320. The van der Waals surface area contributed by atoms with Crippen molar-refractivity contribution in [3.05, 3.63) is 40.9 Å². The summed E-state index contributed by atoms with van der Waals surface area (Å²) in [7, 11) is 3.06. The minimum atomic E-state index is -0.766. The van der Waals surface area contributed by atoms with Crippen molar-refractivity contribution < 1.29 is 19.0 Å². The summed E-state index contributed by atoms with van der Waals surface area (Å²) < 4.78 is 17.6. The molecule has 1 atom stereocenters. The molecule has 0 bridgehead atoms. The van der Waals surface area contributed by atoms with E-state index in [0.717, 1.165) is 10.8 Å².